The molecule has 1 N–H and O–H groups in total. The molecule has 2 aromatic rings. The number of rotatable bonds is 8. The molecule has 4 rings (SSSR count). The number of hydrogen-bond donors (Lipinski definition) is 1. The lowest BCUT2D eigenvalue weighted by Crippen LogP contribution is -2.33. The molecule has 1 atom stereocenters. The van der Waals surface area contributed by atoms with Gasteiger partial charge in [0.25, 0.3) is 11.7 Å². The molecule has 7 nitrogen and oxygen atoms in total. The third-order valence-electron chi connectivity index (χ3n) is 6.29. The van der Waals surface area contributed by atoms with Gasteiger partial charge in [0.1, 0.15) is 19.0 Å². The minimum Gasteiger partial charge on any atom is -0.507 e. The molecule has 0 spiro atoms. The molecular formula is C26H29BrN2O5. The van der Waals surface area contributed by atoms with E-state index in [0.717, 1.165) is 36.1 Å². The smallest absolute Gasteiger partial charge is 0.295 e. The van der Waals surface area contributed by atoms with Crippen LogP contribution in [-0.2, 0) is 9.59 Å². The van der Waals surface area contributed by atoms with Crippen LogP contribution in [-0.4, -0.2) is 66.0 Å². The maximum atomic E-state index is 13.2. The Bertz CT molecular complexity index is 1110. The molecule has 1 amide bonds. The summed E-state index contributed by atoms with van der Waals surface area (Å²) in [5.41, 5.74) is 1.25. The number of likely N-dealkylation sites (tertiary alicyclic amines) is 1. The maximum Gasteiger partial charge on any atom is 0.295 e. The number of hydrogen-bond acceptors (Lipinski definition) is 6. The Morgan fingerprint density at radius 3 is 2.53 bits per heavy atom. The summed E-state index contributed by atoms with van der Waals surface area (Å²) in [5.74, 6) is -0.402. The summed E-state index contributed by atoms with van der Waals surface area (Å²) >= 11 is 3.49. The van der Waals surface area contributed by atoms with Crippen molar-refractivity contribution in [1.29, 1.82) is 0 Å². The molecule has 0 bridgehead atoms. The summed E-state index contributed by atoms with van der Waals surface area (Å²) in [5, 5.41) is 11.3. The molecule has 34 heavy (non-hydrogen) atoms. The van der Waals surface area contributed by atoms with E-state index in [2.05, 4.69) is 34.7 Å². The van der Waals surface area contributed by atoms with E-state index in [-0.39, 0.29) is 11.3 Å². The third-order valence-corrected chi connectivity index (χ3v) is 6.78. The second kappa shape index (κ2) is 10.6. The van der Waals surface area contributed by atoms with Gasteiger partial charge < -0.3 is 24.4 Å². The van der Waals surface area contributed by atoms with Crippen molar-refractivity contribution in [3.63, 3.8) is 0 Å². The Labute approximate surface area is 208 Å². The SMILES string of the molecule is CCN(CC)CCCN1C(=O)C(=O)/C(=C(/O)c2ccc3c(c2)OCCO3)[C@H]1c1cccc(Br)c1. The zero-order valence-corrected chi connectivity index (χ0v) is 21.0. The average Bonchev–Trinajstić information content (AvgIpc) is 3.11. The minimum atomic E-state index is -0.680. The molecule has 2 aliphatic rings. The number of halogens is 1. The van der Waals surface area contributed by atoms with Gasteiger partial charge in [-0.1, -0.05) is 41.9 Å². The summed E-state index contributed by atoms with van der Waals surface area (Å²) in [7, 11) is 0. The molecular weight excluding hydrogens is 500 g/mol. The highest BCUT2D eigenvalue weighted by atomic mass is 79.9. The van der Waals surface area contributed by atoms with Gasteiger partial charge in [-0.3, -0.25) is 9.59 Å². The second-order valence-corrected chi connectivity index (χ2v) is 9.20. The number of aliphatic hydroxyl groups excluding tert-OH is 1. The quantitative estimate of drug-likeness (QED) is 0.311. The highest BCUT2D eigenvalue weighted by molar-refractivity contribution is 9.10. The van der Waals surface area contributed by atoms with Crippen LogP contribution in [0.2, 0.25) is 0 Å². The molecule has 1 fully saturated rings. The standard InChI is InChI=1S/C26H29BrN2O5/c1-3-28(4-2)11-6-12-29-23(17-7-5-8-19(27)15-17)22(25(31)26(29)32)24(30)18-9-10-20-21(16-18)34-14-13-33-20/h5,7-10,15-16,23,30H,3-4,6,11-14H2,1-2H3/b24-22+/t23-/m1/s1. The number of carbonyl (C=O) groups is 2. The second-order valence-electron chi connectivity index (χ2n) is 8.29. The zero-order chi connectivity index (χ0) is 24.2. The fraction of sp³-hybridized carbons (Fsp3) is 0.385. The first-order valence-corrected chi connectivity index (χ1v) is 12.4. The van der Waals surface area contributed by atoms with E-state index in [9.17, 15) is 14.7 Å². The lowest BCUT2D eigenvalue weighted by molar-refractivity contribution is -0.140. The van der Waals surface area contributed by atoms with Crippen LogP contribution in [0.4, 0.5) is 0 Å². The minimum absolute atomic E-state index is 0.0858. The van der Waals surface area contributed by atoms with Crippen molar-refractivity contribution >= 4 is 33.4 Å². The zero-order valence-electron chi connectivity index (χ0n) is 19.4. The van der Waals surface area contributed by atoms with E-state index >= 15 is 0 Å². The van der Waals surface area contributed by atoms with Crippen LogP contribution in [0.1, 0.15) is 37.4 Å². The van der Waals surface area contributed by atoms with Crippen LogP contribution in [0.3, 0.4) is 0 Å². The van der Waals surface area contributed by atoms with Gasteiger partial charge in [0.2, 0.25) is 0 Å². The van der Waals surface area contributed by atoms with Gasteiger partial charge >= 0.3 is 0 Å². The Morgan fingerprint density at radius 2 is 1.82 bits per heavy atom. The van der Waals surface area contributed by atoms with Gasteiger partial charge in [-0.2, -0.15) is 0 Å². The number of carbonyl (C=O) groups excluding carboxylic acids is 2. The van der Waals surface area contributed by atoms with Gasteiger partial charge in [0, 0.05) is 16.6 Å². The topological polar surface area (TPSA) is 79.3 Å². The Hall–Kier alpha value is -2.84. The number of Topliss-reactive ketones (excluding diaryl/α,β-unsaturated/α-hetero) is 1. The van der Waals surface area contributed by atoms with Crippen LogP contribution in [0.15, 0.2) is 52.5 Å². The van der Waals surface area contributed by atoms with Crippen molar-refractivity contribution in [2.75, 3.05) is 39.4 Å². The van der Waals surface area contributed by atoms with Crippen molar-refractivity contribution in [2.24, 2.45) is 0 Å². The van der Waals surface area contributed by atoms with E-state index in [0.29, 0.717) is 36.8 Å². The molecule has 0 unspecified atom stereocenters. The first-order chi connectivity index (χ1) is 16.4. The summed E-state index contributed by atoms with van der Waals surface area (Å²) in [4.78, 5) is 30.2. The van der Waals surface area contributed by atoms with Gasteiger partial charge in [0.05, 0.1) is 11.6 Å². The molecule has 0 saturated carbocycles. The number of benzene rings is 2. The number of ether oxygens (including phenoxy) is 2. The lowest BCUT2D eigenvalue weighted by atomic mass is 9.95. The molecule has 2 heterocycles. The lowest BCUT2D eigenvalue weighted by Gasteiger charge is -2.27. The van der Waals surface area contributed by atoms with Crippen molar-refractivity contribution in [1.82, 2.24) is 9.80 Å². The Balaban J connectivity index is 1.73. The monoisotopic (exact) mass is 528 g/mol. The highest BCUT2D eigenvalue weighted by Crippen LogP contribution is 2.41. The first kappa shape index (κ1) is 24.3. The fourth-order valence-corrected chi connectivity index (χ4v) is 4.90. The number of aliphatic hydroxyl groups is 1. The first-order valence-electron chi connectivity index (χ1n) is 11.6. The third kappa shape index (κ3) is 4.83. The van der Waals surface area contributed by atoms with Gasteiger partial charge in [-0.25, -0.2) is 0 Å². The van der Waals surface area contributed by atoms with Gasteiger partial charge in [-0.05, 0) is 62.0 Å². The van der Waals surface area contributed by atoms with Crippen molar-refractivity contribution < 1.29 is 24.2 Å². The van der Waals surface area contributed by atoms with Crippen LogP contribution < -0.4 is 9.47 Å². The Morgan fingerprint density at radius 1 is 1.09 bits per heavy atom. The summed E-state index contributed by atoms with van der Waals surface area (Å²) in [6.07, 6.45) is 0.725. The normalized spacial score (nSPS) is 19.2. The molecule has 180 valence electrons. The maximum absolute atomic E-state index is 13.2. The molecule has 2 aliphatic heterocycles. The number of nitrogens with zero attached hydrogens (tertiary/aromatic N) is 2. The molecule has 1 saturated heterocycles. The molecule has 8 heteroatoms. The van der Waals surface area contributed by atoms with Gasteiger partial charge in [-0.15, -0.1) is 0 Å². The van der Waals surface area contributed by atoms with E-state index in [1.54, 1.807) is 23.1 Å². The molecule has 0 aromatic heterocycles. The molecule has 0 aliphatic carbocycles. The fourth-order valence-electron chi connectivity index (χ4n) is 4.48. The number of ketones is 1. The van der Waals surface area contributed by atoms with Crippen LogP contribution in [0, 0.1) is 0 Å². The van der Waals surface area contributed by atoms with Crippen molar-refractivity contribution in [3.05, 3.63) is 63.6 Å². The van der Waals surface area contributed by atoms with Crippen molar-refractivity contribution in [3.8, 4) is 11.5 Å². The predicted octanol–water partition coefficient (Wildman–Crippen LogP) is 4.37. The Kier molecular flexibility index (Phi) is 7.58. The van der Waals surface area contributed by atoms with Crippen molar-refractivity contribution in [2.45, 2.75) is 26.3 Å². The van der Waals surface area contributed by atoms with E-state index in [1.165, 1.54) is 0 Å². The molecule has 2 aromatic carbocycles. The van der Waals surface area contributed by atoms with Crippen LogP contribution in [0.25, 0.3) is 5.76 Å². The summed E-state index contributed by atoms with van der Waals surface area (Å²) in [6.45, 7) is 8.16. The predicted molar refractivity (Wildman–Crippen MR) is 133 cm³/mol. The summed E-state index contributed by atoms with van der Waals surface area (Å²) in [6, 6.07) is 11.8. The van der Waals surface area contributed by atoms with E-state index in [4.69, 9.17) is 9.47 Å². The van der Waals surface area contributed by atoms with Crippen LogP contribution >= 0.6 is 15.9 Å². The molecule has 0 radical (unpaired) electrons. The number of amides is 1. The van der Waals surface area contributed by atoms with Gasteiger partial charge in [0.15, 0.2) is 11.5 Å². The number of fused-ring (bicyclic) bond motifs is 1. The largest absolute Gasteiger partial charge is 0.507 e. The van der Waals surface area contributed by atoms with E-state index < -0.39 is 17.7 Å². The average molecular weight is 529 g/mol. The van der Waals surface area contributed by atoms with E-state index in [1.807, 2.05) is 24.3 Å². The van der Waals surface area contributed by atoms with Crippen LogP contribution in [0.5, 0.6) is 11.5 Å². The summed E-state index contributed by atoms with van der Waals surface area (Å²) < 4.78 is 12.0. The highest BCUT2D eigenvalue weighted by Gasteiger charge is 2.46.